The quantitative estimate of drug-likeness (QED) is 0.443. The van der Waals surface area contributed by atoms with E-state index in [4.69, 9.17) is 15.7 Å². The molecule has 1 atom stereocenters. The third-order valence-electron chi connectivity index (χ3n) is 5.53. The molecule has 30 heavy (non-hydrogen) atoms. The summed E-state index contributed by atoms with van der Waals surface area (Å²) < 4.78 is 1.62. The highest BCUT2D eigenvalue weighted by Gasteiger charge is 2.22. The molecule has 0 amide bonds. The zero-order valence-corrected chi connectivity index (χ0v) is 16.7. The van der Waals surface area contributed by atoms with Crippen LogP contribution in [0.15, 0.2) is 41.2 Å². The van der Waals surface area contributed by atoms with Gasteiger partial charge in [0, 0.05) is 22.7 Å². The zero-order valence-electron chi connectivity index (χ0n) is 16.7. The van der Waals surface area contributed by atoms with Crippen LogP contribution in [-0.2, 0) is 6.42 Å². The van der Waals surface area contributed by atoms with Crippen LogP contribution in [0.1, 0.15) is 42.6 Å². The molecule has 4 N–H and O–H groups in total. The van der Waals surface area contributed by atoms with Gasteiger partial charge in [0.1, 0.15) is 5.82 Å². The predicted molar refractivity (Wildman–Crippen MR) is 118 cm³/mol. The molecule has 1 aliphatic carbocycles. The molecule has 5 rings (SSSR count). The summed E-state index contributed by atoms with van der Waals surface area (Å²) in [7, 11) is 0. The van der Waals surface area contributed by atoms with Crippen molar-refractivity contribution < 1.29 is 0 Å². The Morgan fingerprint density at radius 3 is 3.03 bits per heavy atom. The lowest BCUT2D eigenvalue weighted by Crippen LogP contribution is -2.25. The highest BCUT2D eigenvalue weighted by atomic mass is 16.1. The van der Waals surface area contributed by atoms with Gasteiger partial charge < -0.3 is 11.1 Å². The molecule has 1 aromatic carbocycles. The number of allylic oxidation sites excluding steroid dienone is 1. The molecular formula is C22H23N7O. The molecule has 8 nitrogen and oxygen atoms in total. The first kappa shape index (κ1) is 18.5. The van der Waals surface area contributed by atoms with Crippen LogP contribution in [0.25, 0.3) is 22.8 Å². The molecular weight excluding hydrogens is 378 g/mol. The number of nitrogens with two attached hydrogens (primary N) is 1. The number of H-pyrrole nitrogens is 1. The van der Waals surface area contributed by atoms with E-state index in [1.165, 1.54) is 0 Å². The largest absolute Gasteiger partial charge is 0.330 e. The van der Waals surface area contributed by atoms with E-state index >= 15 is 0 Å². The Bertz CT molecular complexity index is 1330. The third kappa shape index (κ3) is 3.05. The molecule has 0 aliphatic heterocycles. The number of hydrogen-bond acceptors (Lipinski definition) is 6. The maximum absolute atomic E-state index is 13.4. The highest BCUT2D eigenvalue weighted by Crippen LogP contribution is 2.28. The number of anilines is 2. The van der Waals surface area contributed by atoms with Crippen LogP contribution in [0.3, 0.4) is 0 Å². The third-order valence-corrected chi connectivity index (χ3v) is 5.53. The van der Waals surface area contributed by atoms with E-state index in [1.807, 2.05) is 36.4 Å². The van der Waals surface area contributed by atoms with Crippen molar-refractivity contribution >= 4 is 34.4 Å². The minimum atomic E-state index is -0.0501. The lowest BCUT2D eigenvalue weighted by molar-refractivity contribution is 0.742. The average Bonchev–Trinajstić information content (AvgIpc) is 3.19. The Morgan fingerprint density at radius 2 is 2.17 bits per heavy atom. The molecule has 0 saturated heterocycles. The zero-order chi connectivity index (χ0) is 20.7. The summed E-state index contributed by atoms with van der Waals surface area (Å²) in [6.45, 7) is 2.69. The fourth-order valence-electron chi connectivity index (χ4n) is 4.01. The van der Waals surface area contributed by atoms with Gasteiger partial charge in [-0.25, -0.2) is 9.38 Å². The second-order valence-corrected chi connectivity index (χ2v) is 7.66. The van der Waals surface area contributed by atoms with Gasteiger partial charge in [-0.3, -0.25) is 9.89 Å². The Balaban J connectivity index is 1.68. The van der Waals surface area contributed by atoms with E-state index in [-0.39, 0.29) is 11.5 Å². The van der Waals surface area contributed by atoms with Crippen LogP contribution in [0.5, 0.6) is 0 Å². The maximum Gasteiger partial charge on any atom is 0.263 e. The van der Waals surface area contributed by atoms with Crippen molar-refractivity contribution in [1.82, 2.24) is 24.6 Å². The first-order chi connectivity index (χ1) is 14.7. The molecule has 3 aromatic heterocycles. The van der Waals surface area contributed by atoms with Gasteiger partial charge in [0.2, 0.25) is 5.78 Å². The minimum absolute atomic E-state index is 0.0501. The number of aromatic amines is 1. The van der Waals surface area contributed by atoms with Crippen LogP contribution < -0.4 is 16.6 Å². The summed E-state index contributed by atoms with van der Waals surface area (Å²) in [6, 6.07) is 9.67. The number of aryl methyl sites for hydroxylation is 1. The van der Waals surface area contributed by atoms with Gasteiger partial charge in [-0.2, -0.15) is 10.1 Å². The second kappa shape index (κ2) is 7.38. The Kier molecular flexibility index (Phi) is 4.55. The first-order valence-corrected chi connectivity index (χ1v) is 10.2. The average molecular weight is 401 g/mol. The monoisotopic (exact) mass is 401 g/mol. The Morgan fingerprint density at radius 1 is 1.30 bits per heavy atom. The Labute approximate surface area is 172 Å². The van der Waals surface area contributed by atoms with E-state index in [0.29, 0.717) is 29.7 Å². The van der Waals surface area contributed by atoms with Crippen LogP contribution in [0, 0.1) is 0 Å². The van der Waals surface area contributed by atoms with Crippen molar-refractivity contribution in [3.05, 3.63) is 63.7 Å². The van der Waals surface area contributed by atoms with Gasteiger partial charge in [0.25, 0.3) is 5.56 Å². The molecule has 0 saturated carbocycles. The second-order valence-electron chi connectivity index (χ2n) is 7.66. The van der Waals surface area contributed by atoms with Crippen LogP contribution in [-0.4, -0.2) is 31.1 Å². The molecule has 0 fully saturated rings. The van der Waals surface area contributed by atoms with E-state index in [0.717, 1.165) is 41.4 Å². The van der Waals surface area contributed by atoms with Gasteiger partial charge in [-0.15, -0.1) is 0 Å². The fraction of sp³-hybridized carbons (Fsp3) is 0.273. The number of hydrogen-bond donors (Lipinski definition) is 3. The number of fused-ring (bicyclic) bond motifs is 4. The molecule has 3 heterocycles. The van der Waals surface area contributed by atoms with Crippen molar-refractivity contribution in [3.8, 4) is 0 Å². The molecule has 8 heteroatoms. The van der Waals surface area contributed by atoms with E-state index < -0.39 is 0 Å². The molecule has 152 valence electrons. The normalized spacial score (nSPS) is 15.6. The van der Waals surface area contributed by atoms with Crippen molar-refractivity contribution in [1.29, 1.82) is 0 Å². The summed E-state index contributed by atoms with van der Waals surface area (Å²) in [4.78, 5) is 22.8. The van der Waals surface area contributed by atoms with Crippen molar-refractivity contribution in [3.63, 3.8) is 0 Å². The van der Waals surface area contributed by atoms with Crippen molar-refractivity contribution in [2.45, 2.75) is 32.1 Å². The smallest absolute Gasteiger partial charge is 0.263 e. The predicted octanol–water partition coefficient (Wildman–Crippen LogP) is 3.12. The fourth-order valence-corrected chi connectivity index (χ4v) is 4.01. The number of rotatable bonds is 5. The lowest BCUT2D eigenvalue weighted by atomic mass is 9.92. The summed E-state index contributed by atoms with van der Waals surface area (Å²) in [6.07, 6.45) is 6.54. The van der Waals surface area contributed by atoms with E-state index in [9.17, 15) is 4.79 Å². The van der Waals surface area contributed by atoms with Gasteiger partial charge >= 0.3 is 0 Å². The topological polar surface area (TPSA) is 114 Å². The molecule has 1 aliphatic rings. The number of benzene rings is 1. The molecule has 0 spiro atoms. The van der Waals surface area contributed by atoms with Crippen LogP contribution in [0.4, 0.5) is 11.6 Å². The van der Waals surface area contributed by atoms with Gasteiger partial charge in [-0.1, -0.05) is 25.1 Å². The number of nitrogens with zero attached hydrogens (tertiary/aromatic N) is 4. The molecule has 1 unspecified atom stereocenters. The van der Waals surface area contributed by atoms with Crippen molar-refractivity contribution in [2.24, 2.45) is 5.73 Å². The van der Waals surface area contributed by atoms with Gasteiger partial charge in [0.05, 0.1) is 11.2 Å². The molecule has 0 bridgehead atoms. The molecule has 4 aromatic rings. The van der Waals surface area contributed by atoms with Crippen LogP contribution in [0.2, 0.25) is 0 Å². The summed E-state index contributed by atoms with van der Waals surface area (Å²) in [5.74, 6) is 1.78. The summed E-state index contributed by atoms with van der Waals surface area (Å²) >= 11 is 0. The minimum Gasteiger partial charge on any atom is -0.330 e. The highest BCUT2D eigenvalue weighted by molar-refractivity contribution is 5.92. The first-order valence-electron chi connectivity index (χ1n) is 10.2. The standard InChI is InChI=1S/C22H23N7O/c1-13-6-4-9-16-19(13)21(30)29-17-10-3-2-8-15(17)20(26-22(29)24-16)25-18-12-14(27-28-18)7-5-11-23/h2-4,8-10,12-13H,5-7,11,23H2,1H3,(H2,24,25,26,27,28). The summed E-state index contributed by atoms with van der Waals surface area (Å²) in [5, 5.41) is 11.5. The van der Waals surface area contributed by atoms with E-state index in [2.05, 4.69) is 28.5 Å². The Hall–Kier alpha value is -3.52. The lowest BCUT2D eigenvalue weighted by Gasteiger charge is -2.18. The molecule has 0 radical (unpaired) electrons. The number of aromatic nitrogens is 5. The number of para-hydroxylation sites is 1. The number of nitrogens with one attached hydrogen (secondary N) is 2. The van der Waals surface area contributed by atoms with E-state index in [1.54, 1.807) is 4.40 Å². The van der Waals surface area contributed by atoms with Crippen LogP contribution >= 0.6 is 0 Å². The van der Waals surface area contributed by atoms with Gasteiger partial charge in [-0.05, 0) is 49.9 Å². The van der Waals surface area contributed by atoms with Crippen molar-refractivity contribution in [2.75, 3.05) is 11.9 Å². The SMILES string of the molecule is CC1CC=Cc2nc3nc(Nc4cc(CCCN)[nH]n4)c4ccccc4n3c(=O)c21. The summed E-state index contributed by atoms with van der Waals surface area (Å²) in [5.41, 5.74) is 8.78. The maximum atomic E-state index is 13.4. The van der Waals surface area contributed by atoms with Gasteiger partial charge in [0.15, 0.2) is 5.82 Å².